The molecule has 1 atom stereocenters. The summed E-state index contributed by atoms with van der Waals surface area (Å²) in [5.74, 6) is 1.38. The lowest BCUT2D eigenvalue weighted by Gasteiger charge is -2.23. The minimum Gasteiger partial charge on any atom is -0.379 e. The lowest BCUT2D eigenvalue weighted by atomic mass is 10.1. The Morgan fingerprint density at radius 3 is 2.94 bits per heavy atom. The summed E-state index contributed by atoms with van der Waals surface area (Å²) in [5.41, 5.74) is 2.18. The zero-order chi connectivity index (χ0) is 12.3. The van der Waals surface area contributed by atoms with Crippen LogP contribution < -0.4 is 5.32 Å². The fourth-order valence-corrected chi connectivity index (χ4v) is 2.01. The fraction of sp³-hybridized carbons (Fsp3) is 0.692. The van der Waals surface area contributed by atoms with E-state index in [4.69, 9.17) is 4.74 Å². The van der Waals surface area contributed by atoms with Gasteiger partial charge in [-0.1, -0.05) is 13.8 Å². The molecule has 4 nitrogen and oxygen atoms in total. The zero-order valence-corrected chi connectivity index (χ0v) is 10.9. The van der Waals surface area contributed by atoms with E-state index in [9.17, 15) is 0 Å². The van der Waals surface area contributed by atoms with Gasteiger partial charge in [-0.15, -0.1) is 0 Å². The minimum atomic E-state index is 0.352. The maximum atomic E-state index is 5.44. The van der Waals surface area contributed by atoms with Crippen molar-refractivity contribution in [3.8, 4) is 0 Å². The Hall–Kier alpha value is -1.00. The lowest BCUT2D eigenvalue weighted by Crippen LogP contribution is -2.42. The molecule has 1 unspecified atom stereocenters. The first kappa shape index (κ1) is 12.5. The van der Waals surface area contributed by atoms with Gasteiger partial charge in [-0.05, 0) is 18.9 Å². The Kier molecular flexibility index (Phi) is 4.07. The summed E-state index contributed by atoms with van der Waals surface area (Å²) in [4.78, 5) is 9.12. The second kappa shape index (κ2) is 5.56. The summed E-state index contributed by atoms with van der Waals surface area (Å²) in [6, 6.07) is 2.42. The van der Waals surface area contributed by atoms with Crippen molar-refractivity contribution in [2.75, 3.05) is 19.8 Å². The molecule has 0 amide bonds. The van der Waals surface area contributed by atoms with Crippen molar-refractivity contribution >= 4 is 0 Å². The van der Waals surface area contributed by atoms with Crippen LogP contribution in [-0.4, -0.2) is 35.8 Å². The Bertz CT molecular complexity index is 373. The predicted octanol–water partition coefficient (Wildman–Crippen LogP) is 1.44. The van der Waals surface area contributed by atoms with Crippen LogP contribution in [0, 0.1) is 6.92 Å². The minimum absolute atomic E-state index is 0.352. The number of ether oxygens (including phenoxy) is 1. The van der Waals surface area contributed by atoms with Gasteiger partial charge in [-0.2, -0.15) is 0 Å². The number of hydrogen-bond acceptors (Lipinski definition) is 4. The van der Waals surface area contributed by atoms with Gasteiger partial charge in [0.05, 0.1) is 13.2 Å². The molecule has 94 valence electrons. The number of aromatic nitrogens is 2. The Morgan fingerprint density at radius 2 is 2.29 bits per heavy atom. The van der Waals surface area contributed by atoms with E-state index in [-0.39, 0.29) is 0 Å². The van der Waals surface area contributed by atoms with Crippen molar-refractivity contribution in [1.82, 2.24) is 15.3 Å². The van der Waals surface area contributed by atoms with Crippen molar-refractivity contribution in [3.05, 3.63) is 23.3 Å². The van der Waals surface area contributed by atoms with Crippen LogP contribution in [0.15, 0.2) is 6.07 Å². The van der Waals surface area contributed by atoms with E-state index in [0.29, 0.717) is 12.0 Å². The quantitative estimate of drug-likeness (QED) is 0.861. The van der Waals surface area contributed by atoms with E-state index in [2.05, 4.69) is 35.2 Å². The zero-order valence-electron chi connectivity index (χ0n) is 10.9. The lowest BCUT2D eigenvalue weighted by molar-refractivity contribution is 0.0763. The Morgan fingerprint density at radius 1 is 1.47 bits per heavy atom. The van der Waals surface area contributed by atoms with Crippen molar-refractivity contribution in [3.63, 3.8) is 0 Å². The highest BCUT2D eigenvalue weighted by atomic mass is 16.5. The number of nitrogens with zero attached hydrogens (tertiary/aromatic N) is 2. The highest BCUT2D eigenvalue weighted by Crippen LogP contribution is 2.13. The topological polar surface area (TPSA) is 47.0 Å². The van der Waals surface area contributed by atoms with Crippen LogP contribution in [0.3, 0.4) is 0 Å². The molecule has 1 aromatic rings. The molecule has 1 fully saturated rings. The maximum absolute atomic E-state index is 5.44. The van der Waals surface area contributed by atoms with Crippen LogP contribution in [0.2, 0.25) is 0 Å². The van der Waals surface area contributed by atoms with E-state index in [1.165, 1.54) is 0 Å². The second-order valence-electron chi connectivity index (χ2n) is 4.94. The van der Waals surface area contributed by atoms with Crippen LogP contribution >= 0.6 is 0 Å². The molecule has 0 radical (unpaired) electrons. The molecule has 0 saturated carbocycles. The van der Waals surface area contributed by atoms with E-state index < -0.39 is 0 Å². The van der Waals surface area contributed by atoms with Gasteiger partial charge in [0.1, 0.15) is 5.82 Å². The largest absolute Gasteiger partial charge is 0.379 e. The average Bonchev–Trinajstić information content (AvgIpc) is 2.29. The molecule has 1 aliphatic rings. The third-order valence-corrected chi connectivity index (χ3v) is 2.94. The molecule has 1 aromatic heterocycles. The summed E-state index contributed by atoms with van der Waals surface area (Å²) in [7, 11) is 0. The summed E-state index contributed by atoms with van der Waals surface area (Å²) < 4.78 is 5.44. The summed E-state index contributed by atoms with van der Waals surface area (Å²) in [6.45, 7) is 8.84. The van der Waals surface area contributed by atoms with Crippen LogP contribution in [0.4, 0.5) is 0 Å². The number of hydrogen-bond donors (Lipinski definition) is 1. The SMILES string of the molecule is Cc1cc(C(C)C)nc(CC2COCCN2)n1. The predicted molar refractivity (Wildman–Crippen MR) is 67.2 cm³/mol. The van der Waals surface area contributed by atoms with Crippen molar-refractivity contribution in [2.24, 2.45) is 0 Å². The first-order chi connectivity index (χ1) is 8.15. The van der Waals surface area contributed by atoms with E-state index >= 15 is 0 Å². The van der Waals surface area contributed by atoms with Gasteiger partial charge >= 0.3 is 0 Å². The molecule has 1 saturated heterocycles. The van der Waals surface area contributed by atoms with Gasteiger partial charge in [-0.25, -0.2) is 9.97 Å². The molecule has 2 rings (SSSR count). The molecular formula is C13H21N3O. The molecule has 2 heterocycles. The normalized spacial score (nSPS) is 20.8. The van der Waals surface area contributed by atoms with Gasteiger partial charge < -0.3 is 10.1 Å². The van der Waals surface area contributed by atoms with E-state index in [1.807, 2.05) is 6.92 Å². The van der Waals surface area contributed by atoms with Crippen LogP contribution in [0.5, 0.6) is 0 Å². The Balaban J connectivity index is 2.09. The maximum Gasteiger partial charge on any atom is 0.130 e. The van der Waals surface area contributed by atoms with Crippen molar-refractivity contribution < 1.29 is 4.74 Å². The van der Waals surface area contributed by atoms with Crippen LogP contribution in [0.25, 0.3) is 0 Å². The van der Waals surface area contributed by atoms with Crippen LogP contribution in [0.1, 0.15) is 37.0 Å². The molecule has 1 aliphatic heterocycles. The molecule has 4 heteroatoms. The van der Waals surface area contributed by atoms with Gasteiger partial charge in [0.15, 0.2) is 0 Å². The third kappa shape index (κ3) is 3.48. The summed E-state index contributed by atoms with van der Waals surface area (Å²) in [5, 5.41) is 3.43. The summed E-state index contributed by atoms with van der Waals surface area (Å²) in [6.07, 6.45) is 0.849. The fourth-order valence-electron chi connectivity index (χ4n) is 2.01. The highest BCUT2D eigenvalue weighted by molar-refractivity contribution is 5.13. The third-order valence-electron chi connectivity index (χ3n) is 2.94. The van der Waals surface area contributed by atoms with Gasteiger partial charge in [0, 0.05) is 30.4 Å². The smallest absolute Gasteiger partial charge is 0.130 e. The summed E-state index contributed by atoms with van der Waals surface area (Å²) >= 11 is 0. The molecule has 0 aliphatic carbocycles. The van der Waals surface area contributed by atoms with E-state index in [0.717, 1.165) is 43.4 Å². The van der Waals surface area contributed by atoms with Crippen molar-refractivity contribution in [2.45, 2.75) is 39.2 Å². The molecule has 0 bridgehead atoms. The molecule has 17 heavy (non-hydrogen) atoms. The first-order valence-electron chi connectivity index (χ1n) is 6.30. The van der Waals surface area contributed by atoms with Gasteiger partial charge in [0.25, 0.3) is 0 Å². The molecule has 0 spiro atoms. The van der Waals surface area contributed by atoms with E-state index in [1.54, 1.807) is 0 Å². The average molecular weight is 235 g/mol. The first-order valence-corrected chi connectivity index (χ1v) is 6.30. The van der Waals surface area contributed by atoms with Gasteiger partial charge in [0.2, 0.25) is 0 Å². The Labute approximate surface area is 103 Å². The standard InChI is InChI=1S/C13H21N3O/c1-9(2)12-6-10(3)15-13(16-12)7-11-8-17-5-4-14-11/h6,9,11,14H,4-5,7-8H2,1-3H3. The number of nitrogens with one attached hydrogen (secondary N) is 1. The molecular weight excluding hydrogens is 214 g/mol. The molecule has 1 N–H and O–H groups in total. The van der Waals surface area contributed by atoms with Crippen molar-refractivity contribution in [1.29, 1.82) is 0 Å². The number of aryl methyl sites for hydroxylation is 1. The number of morpholine rings is 1. The second-order valence-corrected chi connectivity index (χ2v) is 4.94. The van der Waals surface area contributed by atoms with Crippen LogP contribution in [-0.2, 0) is 11.2 Å². The monoisotopic (exact) mass is 235 g/mol. The number of rotatable bonds is 3. The highest BCUT2D eigenvalue weighted by Gasteiger charge is 2.16. The molecule has 0 aromatic carbocycles. The van der Waals surface area contributed by atoms with Gasteiger partial charge in [-0.3, -0.25) is 0 Å².